The largest absolute Gasteiger partial charge is 0.479 e. The van der Waals surface area contributed by atoms with Gasteiger partial charge in [0.15, 0.2) is 6.10 Å². The van der Waals surface area contributed by atoms with Gasteiger partial charge in [-0.2, -0.15) is 0 Å². The highest BCUT2D eigenvalue weighted by Crippen LogP contribution is 1.81. The third kappa shape index (κ3) is 5.00. The van der Waals surface area contributed by atoms with Gasteiger partial charge in [-0.3, -0.25) is 0 Å². The molecule has 0 radical (unpaired) electrons. The Morgan fingerprint density at radius 2 is 2.14 bits per heavy atom. The van der Waals surface area contributed by atoms with Crippen molar-refractivity contribution in [2.75, 3.05) is 6.54 Å². The number of rotatable bonds is 4. The number of carbonyl (C=O) groups excluding carboxylic acids is 1. The Labute approximate surface area is 81.3 Å². The van der Waals surface area contributed by atoms with E-state index in [9.17, 15) is 9.59 Å². The maximum absolute atomic E-state index is 10.9. The van der Waals surface area contributed by atoms with E-state index in [1.807, 2.05) is 0 Å². The van der Waals surface area contributed by atoms with Crippen LogP contribution >= 0.6 is 0 Å². The zero-order valence-corrected chi connectivity index (χ0v) is 7.65. The predicted octanol–water partition coefficient (Wildman–Crippen LogP) is -1.25. The number of carbonyl (C=O) groups is 2. The topological polar surface area (TPSA) is 98.7 Å². The van der Waals surface area contributed by atoms with Crippen LogP contribution in [0.25, 0.3) is 0 Å². The van der Waals surface area contributed by atoms with E-state index in [2.05, 4.69) is 16.6 Å². The molecular formula is C8H12N2O4. The van der Waals surface area contributed by atoms with Crippen molar-refractivity contribution >= 4 is 12.0 Å². The molecule has 2 unspecified atom stereocenters. The first-order chi connectivity index (χ1) is 6.47. The van der Waals surface area contributed by atoms with Gasteiger partial charge in [-0.05, 0) is 6.92 Å². The van der Waals surface area contributed by atoms with Gasteiger partial charge in [0.1, 0.15) is 0 Å². The van der Waals surface area contributed by atoms with Crippen molar-refractivity contribution in [1.82, 2.24) is 10.6 Å². The van der Waals surface area contributed by atoms with E-state index in [-0.39, 0.29) is 6.54 Å². The maximum atomic E-state index is 10.9. The number of hydrogen-bond donors (Lipinski definition) is 4. The van der Waals surface area contributed by atoms with Gasteiger partial charge in [0.25, 0.3) is 0 Å². The second kappa shape index (κ2) is 5.83. The molecule has 0 saturated heterocycles. The Balaban J connectivity index is 3.76. The summed E-state index contributed by atoms with van der Waals surface area (Å²) in [6.07, 6.45) is 3.38. The first-order valence-corrected chi connectivity index (χ1v) is 3.88. The van der Waals surface area contributed by atoms with Crippen LogP contribution in [0, 0.1) is 12.3 Å². The van der Waals surface area contributed by atoms with Gasteiger partial charge in [0, 0.05) is 0 Å². The van der Waals surface area contributed by atoms with E-state index in [0.29, 0.717) is 0 Å². The fourth-order valence-electron chi connectivity index (χ4n) is 0.566. The molecule has 0 aromatic carbocycles. The molecule has 0 rings (SSSR count). The van der Waals surface area contributed by atoms with Crippen LogP contribution in [0.15, 0.2) is 0 Å². The number of carboxylic acid groups (broad SMARTS) is 1. The third-order valence-electron chi connectivity index (χ3n) is 1.34. The van der Waals surface area contributed by atoms with Gasteiger partial charge in [0.05, 0.1) is 12.6 Å². The van der Waals surface area contributed by atoms with Crippen LogP contribution in [0.1, 0.15) is 6.92 Å². The lowest BCUT2D eigenvalue weighted by Crippen LogP contribution is -2.44. The summed E-state index contributed by atoms with van der Waals surface area (Å²) in [6.45, 7) is 1.23. The van der Waals surface area contributed by atoms with Crippen molar-refractivity contribution in [1.29, 1.82) is 0 Å². The minimum Gasteiger partial charge on any atom is -0.479 e. The molecule has 0 aromatic heterocycles. The van der Waals surface area contributed by atoms with Crippen LogP contribution in [-0.4, -0.2) is 40.9 Å². The van der Waals surface area contributed by atoms with E-state index in [1.165, 1.54) is 0 Å². The summed E-state index contributed by atoms with van der Waals surface area (Å²) in [5.74, 6) is 0.862. The summed E-state index contributed by atoms with van der Waals surface area (Å²) >= 11 is 0. The normalized spacial score (nSPS) is 13.5. The summed E-state index contributed by atoms with van der Waals surface area (Å²) in [7, 11) is 0. The first-order valence-electron chi connectivity index (χ1n) is 3.88. The number of amides is 2. The maximum Gasteiger partial charge on any atom is 0.334 e. The number of aliphatic hydroxyl groups excluding tert-OH is 1. The lowest BCUT2D eigenvalue weighted by atomic mass is 10.3. The minimum absolute atomic E-state index is 0.363. The number of urea groups is 1. The molecule has 78 valence electrons. The lowest BCUT2D eigenvalue weighted by Gasteiger charge is -2.10. The lowest BCUT2D eigenvalue weighted by molar-refractivity contribution is -0.146. The molecule has 0 bridgehead atoms. The average molecular weight is 200 g/mol. The summed E-state index contributed by atoms with van der Waals surface area (Å²) in [5.41, 5.74) is 0. The summed E-state index contributed by atoms with van der Waals surface area (Å²) in [4.78, 5) is 21.1. The molecule has 0 fully saturated rings. The Kier molecular flexibility index (Phi) is 5.10. The molecule has 0 saturated carbocycles. The van der Waals surface area contributed by atoms with Gasteiger partial charge in [0.2, 0.25) is 0 Å². The van der Waals surface area contributed by atoms with Crippen molar-refractivity contribution in [2.24, 2.45) is 0 Å². The average Bonchev–Trinajstić information content (AvgIpc) is 2.13. The zero-order chi connectivity index (χ0) is 11.1. The van der Waals surface area contributed by atoms with Crippen LogP contribution in [0.5, 0.6) is 0 Å². The minimum atomic E-state index is -1.61. The highest BCUT2D eigenvalue weighted by atomic mass is 16.4. The van der Waals surface area contributed by atoms with E-state index in [0.717, 1.165) is 0 Å². The van der Waals surface area contributed by atoms with Gasteiger partial charge >= 0.3 is 12.0 Å². The Morgan fingerprint density at radius 1 is 1.57 bits per heavy atom. The van der Waals surface area contributed by atoms with Crippen LogP contribution in [-0.2, 0) is 4.79 Å². The van der Waals surface area contributed by atoms with E-state index >= 15 is 0 Å². The second-order valence-corrected chi connectivity index (χ2v) is 2.60. The fraction of sp³-hybridized carbons (Fsp3) is 0.500. The van der Waals surface area contributed by atoms with Gasteiger partial charge in [-0.25, -0.2) is 9.59 Å². The van der Waals surface area contributed by atoms with Crippen LogP contribution < -0.4 is 10.6 Å². The number of nitrogens with one attached hydrogen (secondary N) is 2. The van der Waals surface area contributed by atoms with Crippen molar-refractivity contribution in [3.05, 3.63) is 0 Å². The monoisotopic (exact) mass is 200 g/mol. The first kappa shape index (κ1) is 12.3. The molecule has 0 heterocycles. The molecule has 4 N–H and O–H groups in total. The number of terminal acetylenes is 1. The summed E-state index contributed by atoms with van der Waals surface area (Å²) < 4.78 is 0. The second-order valence-electron chi connectivity index (χ2n) is 2.60. The van der Waals surface area contributed by atoms with Crippen LogP contribution in [0.3, 0.4) is 0 Å². The van der Waals surface area contributed by atoms with Crippen LogP contribution in [0.2, 0.25) is 0 Å². The molecule has 14 heavy (non-hydrogen) atoms. The molecule has 0 aliphatic rings. The van der Waals surface area contributed by atoms with E-state index < -0.39 is 24.1 Å². The third-order valence-corrected chi connectivity index (χ3v) is 1.34. The number of aliphatic hydroxyl groups is 1. The highest BCUT2D eigenvalue weighted by molar-refractivity contribution is 5.77. The van der Waals surface area contributed by atoms with E-state index in [4.69, 9.17) is 16.6 Å². The molecule has 0 aliphatic carbocycles. The molecule has 0 aromatic rings. The van der Waals surface area contributed by atoms with Crippen molar-refractivity contribution in [2.45, 2.75) is 19.1 Å². The number of carboxylic acids is 1. The number of hydrogen-bond acceptors (Lipinski definition) is 3. The van der Waals surface area contributed by atoms with Gasteiger partial charge in [-0.15, -0.1) is 6.42 Å². The summed E-state index contributed by atoms with van der Waals surface area (Å²) in [5, 5.41) is 21.5. The van der Waals surface area contributed by atoms with Crippen LogP contribution in [0.4, 0.5) is 4.79 Å². The predicted molar refractivity (Wildman–Crippen MR) is 48.5 cm³/mol. The molecule has 6 heteroatoms. The Morgan fingerprint density at radius 3 is 2.57 bits per heavy atom. The molecule has 2 amide bonds. The van der Waals surface area contributed by atoms with Crippen molar-refractivity contribution in [3.63, 3.8) is 0 Å². The Hall–Kier alpha value is -1.74. The fourth-order valence-corrected chi connectivity index (χ4v) is 0.566. The molecule has 0 aliphatic heterocycles. The van der Waals surface area contributed by atoms with Crippen molar-refractivity contribution in [3.8, 4) is 12.3 Å². The quantitative estimate of drug-likeness (QED) is 0.426. The molecule has 0 spiro atoms. The molecule has 6 nitrogen and oxygen atoms in total. The summed E-state index contributed by atoms with van der Waals surface area (Å²) in [6, 6.07) is -1.06. The van der Waals surface area contributed by atoms with Gasteiger partial charge in [-0.1, -0.05) is 5.92 Å². The van der Waals surface area contributed by atoms with E-state index in [1.54, 1.807) is 6.92 Å². The Bertz CT molecular complexity index is 259. The van der Waals surface area contributed by atoms with Gasteiger partial charge < -0.3 is 20.8 Å². The molecular weight excluding hydrogens is 188 g/mol. The zero-order valence-electron chi connectivity index (χ0n) is 7.65. The highest BCUT2D eigenvalue weighted by Gasteiger charge is 2.14. The standard InChI is InChI=1S/C8H12N2O4/c1-3-5(2)10-8(14)9-4-6(11)7(12)13/h1,5-6,11H,4H2,2H3,(H,12,13)(H2,9,10,14). The smallest absolute Gasteiger partial charge is 0.334 e. The SMILES string of the molecule is C#CC(C)NC(=O)NCC(O)C(=O)O. The number of aliphatic carboxylic acids is 1. The van der Waals surface area contributed by atoms with Crippen molar-refractivity contribution < 1.29 is 19.8 Å². The molecule has 2 atom stereocenters.